The van der Waals surface area contributed by atoms with Gasteiger partial charge >= 0.3 is 6.18 Å². The highest BCUT2D eigenvalue weighted by molar-refractivity contribution is 6.05. The number of carbonyl (C=O) groups excluding carboxylic acids is 1. The van der Waals surface area contributed by atoms with E-state index in [2.05, 4.69) is 20.2 Å². The zero-order chi connectivity index (χ0) is 32.6. The summed E-state index contributed by atoms with van der Waals surface area (Å²) in [7, 11) is 3.83. The van der Waals surface area contributed by atoms with E-state index in [1.54, 1.807) is 49.4 Å². The summed E-state index contributed by atoms with van der Waals surface area (Å²) in [6, 6.07) is 17.2. The average Bonchev–Trinajstić information content (AvgIpc) is 3.40. The van der Waals surface area contributed by atoms with Crippen LogP contribution in [0.3, 0.4) is 0 Å². The molecule has 3 aromatic carbocycles. The second-order valence-corrected chi connectivity index (χ2v) is 11.5. The van der Waals surface area contributed by atoms with Crippen molar-refractivity contribution in [3.8, 4) is 28.8 Å². The van der Waals surface area contributed by atoms with Crippen molar-refractivity contribution < 1.29 is 27.8 Å². The van der Waals surface area contributed by atoms with Gasteiger partial charge in [-0.05, 0) is 73.6 Å². The number of rotatable bonds is 7. The second-order valence-electron chi connectivity index (χ2n) is 11.5. The molecule has 238 valence electrons. The number of phenols is 1. The highest BCUT2D eigenvalue weighted by atomic mass is 19.4. The maximum atomic E-state index is 14.1. The lowest BCUT2D eigenvalue weighted by molar-refractivity contribution is -0.138. The van der Waals surface area contributed by atoms with Crippen molar-refractivity contribution in [2.45, 2.75) is 19.6 Å². The number of phenolic OH excluding ortho intramolecular Hbond substituents is 1. The third kappa shape index (κ3) is 6.68. The van der Waals surface area contributed by atoms with Crippen LogP contribution in [0.1, 0.15) is 27.0 Å². The van der Waals surface area contributed by atoms with Crippen LogP contribution >= 0.6 is 0 Å². The molecule has 3 heterocycles. The monoisotopic (exact) mass is 630 g/mol. The van der Waals surface area contributed by atoms with Crippen molar-refractivity contribution in [2.75, 3.05) is 38.5 Å². The maximum Gasteiger partial charge on any atom is 0.416 e. The van der Waals surface area contributed by atoms with Crippen molar-refractivity contribution in [3.05, 3.63) is 95.2 Å². The minimum Gasteiger partial charge on any atom is -0.508 e. The molecule has 0 unspecified atom stereocenters. The molecular weight excluding hydrogens is 597 g/mol. The molecule has 0 bridgehead atoms. The van der Waals surface area contributed by atoms with Crippen LogP contribution in [0.4, 0.5) is 18.9 Å². The van der Waals surface area contributed by atoms with Gasteiger partial charge in [-0.2, -0.15) is 18.2 Å². The molecule has 6 rings (SSSR count). The number of ether oxygens (including phenoxy) is 1. The molecule has 46 heavy (non-hydrogen) atoms. The molecule has 0 radical (unpaired) electrons. The van der Waals surface area contributed by atoms with Crippen LogP contribution in [0.15, 0.2) is 72.9 Å². The van der Waals surface area contributed by atoms with Crippen molar-refractivity contribution in [2.24, 2.45) is 7.05 Å². The molecule has 1 amide bonds. The van der Waals surface area contributed by atoms with Gasteiger partial charge in [0.25, 0.3) is 5.91 Å². The number of piperazine rings is 1. The Morgan fingerprint density at radius 3 is 2.41 bits per heavy atom. The van der Waals surface area contributed by atoms with E-state index < -0.39 is 17.6 Å². The first kappa shape index (κ1) is 31.1. The van der Waals surface area contributed by atoms with E-state index in [4.69, 9.17) is 4.74 Å². The third-order valence-corrected chi connectivity index (χ3v) is 8.15. The lowest BCUT2D eigenvalue weighted by Gasteiger charge is -2.33. The SMILES string of the molecule is Cc1ccc(Oc2nc(-c3ccc(O)cc3)nc3ccn(C)c23)cc1NC(=O)c1ccc(CN2CCN(C)CC2)c(C(F)(F)F)c1. The molecule has 2 N–H and O–H groups in total. The number of aromatic hydroxyl groups is 1. The molecule has 5 aromatic rings. The number of nitrogens with one attached hydrogen (secondary N) is 1. The maximum absolute atomic E-state index is 14.1. The normalized spacial score (nSPS) is 14.5. The van der Waals surface area contributed by atoms with Gasteiger partial charge in [-0.15, -0.1) is 0 Å². The lowest BCUT2D eigenvalue weighted by Crippen LogP contribution is -2.44. The predicted molar refractivity (Wildman–Crippen MR) is 169 cm³/mol. The van der Waals surface area contributed by atoms with Crippen molar-refractivity contribution in [3.63, 3.8) is 0 Å². The number of aryl methyl sites for hydroxylation is 2. The standard InChI is InChI=1S/C34H33F3N6O3/c1-21-4-11-26(46-33-30-28(12-13-42(30)3)38-31(40-33)22-7-9-25(44)10-8-22)19-29(21)39-32(45)23-5-6-24(27(18-23)34(35,36)37)20-43-16-14-41(2)15-17-43/h4-13,18-19,44H,14-17,20H2,1-3H3,(H,39,45). The third-order valence-electron chi connectivity index (χ3n) is 8.15. The zero-order valence-electron chi connectivity index (χ0n) is 25.6. The molecule has 2 aromatic heterocycles. The largest absolute Gasteiger partial charge is 0.508 e. The van der Waals surface area contributed by atoms with Gasteiger partial charge in [-0.25, -0.2) is 4.98 Å². The van der Waals surface area contributed by atoms with E-state index in [-0.39, 0.29) is 29.3 Å². The average molecular weight is 631 g/mol. The van der Waals surface area contributed by atoms with Gasteiger partial charge in [0.05, 0.1) is 11.1 Å². The van der Waals surface area contributed by atoms with E-state index in [9.17, 15) is 23.1 Å². The molecule has 0 atom stereocenters. The van der Waals surface area contributed by atoms with E-state index >= 15 is 0 Å². The summed E-state index contributed by atoms with van der Waals surface area (Å²) in [6.07, 6.45) is -2.78. The molecule has 1 aliphatic heterocycles. The Bertz CT molecular complexity index is 1900. The summed E-state index contributed by atoms with van der Waals surface area (Å²) in [4.78, 5) is 26.7. The molecule has 0 aliphatic carbocycles. The van der Waals surface area contributed by atoms with Crippen molar-refractivity contribution in [1.29, 1.82) is 0 Å². The summed E-state index contributed by atoms with van der Waals surface area (Å²) in [5, 5.41) is 12.4. The van der Waals surface area contributed by atoms with Gasteiger partial charge in [0.15, 0.2) is 5.82 Å². The molecular formula is C34H33F3N6O3. The Morgan fingerprint density at radius 2 is 1.70 bits per heavy atom. The van der Waals surface area contributed by atoms with E-state index in [1.807, 2.05) is 35.8 Å². The van der Waals surface area contributed by atoms with Gasteiger partial charge in [0.2, 0.25) is 5.88 Å². The summed E-state index contributed by atoms with van der Waals surface area (Å²) in [5.41, 5.74) is 2.28. The summed E-state index contributed by atoms with van der Waals surface area (Å²) < 4.78 is 50.4. The minimum atomic E-state index is -4.61. The predicted octanol–water partition coefficient (Wildman–Crippen LogP) is 6.46. The number of hydrogen-bond donors (Lipinski definition) is 2. The van der Waals surface area contributed by atoms with E-state index in [0.717, 1.165) is 19.2 Å². The molecule has 12 heteroatoms. The first-order chi connectivity index (χ1) is 21.9. The minimum absolute atomic E-state index is 0.0972. The highest BCUT2D eigenvalue weighted by Crippen LogP contribution is 2.35. The van der Waals surface area contributed by atoms with Crippen molar-refractivity contribution >= 4 is 22.6 Å². The van der Waals surface area contributed by atoms with E-state index in [0.29, 0.717) is 52.5 Å². The van der Waals surface area contributed by atoms with Crippen LogP contribution < -0.4 is 10.1 Å². The van der Waals surface area contributed by atoms with Gasteiger partial charge in [-0.3, -0.25) is 9.69 Å². The molecule has 1 saturated heterocycles. The lowest BCUT2D eigenvalue weighted by atomic mass is 10.0. The first-order valence-electron chi connectivity index (χ1n) is 14.8. The van der Waals surface area contributed by atoms with Crippen LogP contribution in [0.25, 0.3) is 22.4 Å². The molecule has 0 spiro atoms. The van der Waals surface area contributed by atoms with Crippen LogP contribution in [-0.4, -0.2) is 68.6 Å². The van der Waals surface area contributed by atoms with Crippen molar-refractivity contribution in [1.82, 2.24) is 24.3 Å². The van der Waals surface area contributed by atoms with Crippen LogP contribution in [-0.2, 0) is 19.8 Å². The van der Waals surface area contributed by atoms with Crippen LogP contribution in [0.5, 0.6) is 17.4 Å². The fourth-order valence-electron chi connectivity index (χ4n) is 5.44. The van der Waals surface area contributed by atoms with Gasteiger partial charge in [-0.1, -0.05) is 12.1 Å². The summed E-state index contributed by atoms with van der Waals surface area (Å²) in [5.74, 6) is 0.473. The number of alkyl halides is 3. The van der Waals surface area contributed by atoms with Gasteiger partial charge in [0, 0.05) is 68.8 Å². The summed E-state index contributed by atoms with van der Waals surface area (Å²) >= 11 is 0. The summed E-state index contributed by atoms with van der Waals surface area (Å²) in [6.45, 7) is 4.87. The molecule has 1 fully saturated rings. The fraction of sp³-hybridized carbons (Fsp3) is 0.265. The molecule has 1 aliphatic rings. The number of hydrogen-bond acceptors (Lipinski definition) is 7. The second kappa shape index (κ2) is 12.5. The first-order valence-corrected chi connectivity index (χ1v) is 14.8. The number of amides is 1. The number of anilines is 1. The van der Waals surface area contributed by atoms with E-state index in [1.165, 1.54) is 12.1 Å². The zero-order valence-corrected chi connectivity index (χ0v) is 25.6. The van der Waals surface area contributed by atoms with Gasteiger partial charge < -0.3 is 24.6 Å². The highest BCUT2D eigenvalue weighted by Gasteiger charge is 2.34. The number of halogens is 3. The quantitative estimate of drug-likeness (QED) is 0.213. The topological polar surface area (TPSA) is 95.8 Å². The number of likely N-dealkylation sites (N-methyl/N-ethyl adjacent to an activating group) is 1. The molecule has 0 saturated carbocycles. The van der Waals surface area contributed by atoms with Crippen LogP contribution in [0.2, 0.25) is 0 Å². The number of carbonyl (C=O) groups is 1. The smallest absolute Gasteiger partial charge is 0.416 e. The Labute approximate surface area is 263 Å². The number of aromatic nitrogens is 3. The Kier molecular flexibility index (Phi) is 8.41. The number of benzene rings is 3. The Balaban J connectivity index is 1.25. The van der Waals surface area contributed by atoms with Gasteiger partial charge in [0.1, 0.15) is 17.0 Å². The molecule has 9 nitrogen and oxygen atoms in total. The number of nitrogens with zero attached hydrogens (tertiary/aromatic N) is 5. The Morgan fingerprint density at radius 1 is 0.957 bits per heavy atom. The Hall–Kier alpha value is -4.94. The fourth-order valence-corrected chi connectivity index (χ4v) is 5.44. The number of fused-ring (bicyclic) bond motifs is 1. The van der Waals surface area contributed by atoms with Crippen LogP contribution in [0, 0.1) is 6.92 Å².